The first-order valence-corrected chi connectivity index (χ1v) is 6.82. The Bertz CT molecular complexity index is 511. The molecule has 0 bridgehead atoms. The van der Waals surface area contributed by atoms with E-state index in [-0.39, 0.29) is 0 Å². The molecular formula is C15H19F3N2O2. The molecule has 4 nitrogen and oxygen atoms in total. The maximum atomic E-state index is 12.0. The summed E-state index contributed by atoms with van der Waals surface area (Å²) in [5, 5.41) is 5.34. The Morgan fingerprint density at radius 2 is 1.86 bits per heavy atom. The molecule has 0 radical (unpaired) electrons. The van der Waals surface area contributed by atoms with Crippen LogP contribution in [-0.2, 0) is 9.63 Å². The van der Waals surface area contributed by atoms with E-state index in [1.54, 1.807) is 5.32 Å². The van der Waals surface area contributed by atoms with E-state index in [1.807, 2.05) is 24.3 Å². The van der Waals surface area contributed by atoms with Gasteiger partial charge in [0, 0.05) is 0 Å². The molecule has 7 heteroatoms. The lowest BCUT2D eigenvalue weighted by Gasteiger charge is -2.11. The topological polar surface area (TPSA) is 50.7 Å². The van der Waals surface area contributed by atoms with E-state index >= 15 is 0 Å². The number of nitrogens with zero attached hydrogens (tertiary/aromatic N) is 1. The van der Waals surface area contributed by atoms with Crippen LogP contribution in [0.25, 0.3) is 0 Å². The minimum atomic E-state index is -4.45. The fourth-order valence-corrected chi connectivity index (χ4v) is 1.53. The standard InChI is InChI=1S/C15H19F3N2O2/c1-10(2)13-6-4-12(5-7-13)8-20-22-11(3)14(21)19-9-15(16,17)18/h4-8,10-11H,9H2,1-3H3,(H,19,21)/b20-8+. The van der Waals surface area contributed by atoms with Gasteiger partial charge < -0.3 is 10.2 Å². The summed E-state index contributed by atoms with van der Waals surface area (Å²) in [7, 11) is 0. The number of oxime groups is 1. The molecule has 1 N–H and O–H groups in total. The van der Waals surface area contributed by atoms with Gasteiger partial charge in [-0.1, -0.05) is 43.3 Å². The number of carbonyl (C=O) groups is 1. The lowest BCUT2D eigenvalue weighted by Crippen LogP contribution is -2.39. The maximum absolute atomic E-state index is 12.0. The molecule has 0 aliphatic carbocycles. The van der Waals surface area contributed by atoms with Crippen LogP contribution < -0.4 is 5.32 Å². The molecule has 0 saturated carbocycles. The summed E-state index contributed by atoms with van der Waals surface area (Å²) in [5.41, 5.74) is 1.95. The fourth-order valence-electron chi connectivity index (χ4n) is 1.53. The van der Waals surface area contributed by atoms with Crippen molar-refractivity contribution in [3.63, 3.8) is 0 Å². The molecule has 1 unspecified atom stereocenters. The van der Waals surface area contributed by atoms with Crippen LogP contribution in [0.5, 0.6) is 0 Å². The third-order valence-electron chi connectivity index (χ3n) is 2.86. The summed E-state index contributed by atoms with van der Waals surface area (Å²) in [6.07, 6.45) is -4.15. The second-order valence-electron chi connectivity index (χ2n) is 5.14. The number of rotatable bonds is 6. The van der Waals surface area contributed by atoms with Gasteiger partial charge in [0.25, 0.3) is 5.91 Å². The normalized spacial score (nSPS) is 13.4. The minimum absolute atomic E-state index is 0.416. The zero-order chi connectivity index (χ0) is 16.8. The third-order valence-corrected chi connectivity index (χ3v) is 2.86. The van der Waals surface area contributed by atoms with Crippen LogP contribution in [0.4, 0.5) is 13.2 Å². The van der Waals surface area contributed by atoms with Crippen LogP contribution >= 0.6 is 0 Å². The summed E-state index contributed by atoms with van der Waals surface area (Å²) in [6.45, 7) is 4.09. The number of carbonyl (C=O) groups excluding carboxylic acids is 1. The van der Waals surface area contributed by atoms with Gasteiger partial charge >= 0.3 is 6.18 Å². The van der Waals surface area contributed by atoms with E-state index in [9.17, 15) is 18.0 Å². The lowest BCUT2D eigenvalue weighted by atomic mass is 10.0. The number of amides is 1. The summed E-state index contributed by atoms with van der Waals surface area (Å²) in [4.78, 5) is 16.2. The van der Waals surface area contributed by atoms with Gasteiger partial charge in [-0.2, -0.15) is 13.2 Å². The number of alkyl halides is 3. The Labute approximate surface area is 127 Å². The van der Waals surface area contributed by atoms with Crippen molar-refractivity contribution in [2.24, 2.45) is 5.16 Å². The summed E-state index contributed by atoms with van der Waals surface area (Å²) in [6, 6.07) is 7.59. The average molecular weight is 316 g/mol. The highest BCUT2D eigenvalue weighted by Crippen LogP contribution is 2.14. The van der Waals surface area contributed by atoms with Crippen molar-refractivity contribution in [2.45, 2.75) is 39.0 Å². The van der Waals surface area contributed by atoms with Crippen molar-refractivity contribution in [2.75, 3.05) is 6.54 Å². The number of halogens is 3. The smallest absolute Gasteiger partial charge is 0.383 e. The van der Waals surface area contributed by atoms with Crippen LogP contribution in [0.2, 0.25) is 0 Å². The molecule has 122 valence electrons. The van der Waals surface area contributed by atoms with Gasteiger partial charge in [-0.25, -0.2) is 0 Å². The van der Waals surface area contributed by atoms with E-state index < -0.39 is 24.7 Å². The van der Waals surface area contributed by atoms with Gasteiger partial charge in [0.05, 0.1) is 6.21 Å². The van der Waals surface area contributed by atoms with Gasteiger partial charge in [-0.15, -0.1) is 0 Å². The maximum Gasteiger partial charge on any atom is 0.405 e. The van der Waals surface area contributed by atoms with Crippen LogP contribution in [0.15, 0.2) is 29.4 Å². The highest BCUT2D eigenvalue weighted by molar-refractivity contribution is 5.81. The first-order valence-electron chi connectivity index (χ1n) is 6.82. The van der Waals surface area contributed by atoms with E-state index in [0.717, 1.165) is 5.56 Å². The van der Waals surface area contributed by atoms with Crippen LogP contribution in [0.1, 0.15) is 37.8 Å². The number of benzene rings is 1. The SMILES string of the molecule is CC(O/N=C/c1ccc(C(C)C)cc1)C(=O)NCC(F)(F)F. The second-order valence-corrected chi connectivity index (χ2v) is 5.14. The van der Waals surface area contributed by atoms with Gasteiger partial charge in [-0.3, -0.25) is 4.79 Å². The predicted molar refractivity (Wildman–Crippen MR) is 77.7 cm³/mol. The Morgan fingerprint density at radius 1 is 1.27 bits per heavy atom. The lowest BCUT2D eigenvalue weighted by molar-refractivity contribution is -0.144. The Kier molecular flexibility index (Phi) is 6.39. The molecule has 1 rings (SSSR count). The van der Waals surface area contributed by atoms with E-state index in [2.05, 4.69) is 19.0 Å². The number of hydrogen-bond acceptors (Lipinski definition) is 3. The minimum Gasteiger partial charge on any atom is -0.383 e. The first kappa shape index (κ1) is 18.0. The second kappa shape index (κ2) is 7.82. The van der Waals surface area contributed by atoms with Crippen molar-refractivity contribution in [1.29, 1.82) is 0 Å². The zero-order valence-electron chi connectivity index (χ0n) is 12.6. The number of nitrogens with one attached hydrogen (secondary N) is 1. The predicted octanol–water partition coefficient (Wildman–Crippen LogP) is 3.23. The van der Waals surface area contributed by atoms with Gasteiger partial charge in [-0.05, 0) is 24.0 Å². The highest BCUT2D eigenvalue weighted by Gasteiger charge is 2.29. The van der Waals surface area contributed by atoms with Crippen molar-refractivity contribution < 1.29 is 22.8 Å². The Hall–Kier alpha value is -2.05. The molecule has 1 atom stereocenters. The van der Waals surface area contributed by atoms with Crippen LogP contribution in [0.3, 0.4) is 0 Å². The molecule has 0 fully saturated rings. The highest BCUT2D eigenvalue weighted by atomic mass is 19.4. The van der Waals surface area contributed by atoms with Crippen molar-refractivity contribution in [3.05, 3.63) is 35.4 Å². The van der Waals surface area contributed by atoms with Crippen LogP contribution in [0, 0.1) is 0 Å². The monoisotopic (exact) mass is 316 g/mol. The summed E-state index contributed by atoms with van der Waals surface area (Å²) < 4.78 is 35.9. The summed E-state index contributed by atoms with van der Waals surface area (Å²) in [5.74, 6) is -0.454. The van der Waals surface area contributed by atoms with Crippen molar-refractivity contribution in [1.82, 2.24) is 5.32 Å². The third kappa shape index (κ3) is 6.60. The van der Waals surface area contributed by atoms with Gasteiger partial charge in [0.15, 0.2) is 0 Å². The molecule has 1 amide bonds. The van der Waals surface area contributed by atoms with E-state index in [1.165, 1.54) is 18.7 Å². The molecule has 1 aromatic rings. The molecular weight excluding hydrogens is 297 g/mol. The Balaban J connectivity index is 2.45. The average Bonchev–Trinajstić information content (AvgIpc) is 2.44. The number of hydrogen-bond donors (Lipinski definition) is 1. The molecule has 22 heavy (non-hydrogen) atoms. The molecule has 0 aromatic heterocycles. The first-order chi connectivity index (χ1) is 10.2. The molecule has 0 aliphatic rings. The molecule has 0 heterocycles. The molecule has 0 saturated heterocycles. The van der Waals surface area contributed by atoms with Gasteiger partial charge in [0.1, 0.15) is 6.54 Å². The summed E-state index contributed by atoms with van der Waals surface area (Å²) >= 11 is 0. The molecule has 0 spiro atoms. The van der Waals surface area contributed by atoms with Gasteiger partial charge in [0.2, 0.25) is 6.10 Å². The quantitative estimate of drug-likeness (QED) is 0.647. The van der Waals surface area contributed by atoms with Crippen LogP contribution in [-0.4, -0.2) is 30.9 Å². The molecule has 1 aromatic carbocycles. The van der Waals surface area contributed by atoms with Crippen molar-refractivity contribution in [3.8, 4) is 0 Å². The fraction of sp³-hybridized carbons (Fsp3) is 0.467. The van der Waals surface area contributed by atoms with Crippen molar-refractivity contribution >= 4 is 12.1 Å². The van der Waals surface area contributed by atoms with E-state index in [4.69, 9.17) is 4.84 Å². The Morgan fingerprint density at radius 3 is 2.36 bits per heavy atom. The zero-order valence-corrected chi connectivity index (χ0v) is 12.6. The largest absolute Gasteiger partial charge is 0.405 e. The van der Waals surface area contributed by atoms with E-state index in [0.29, 0.717) is 5.92 Å². The molecule has 0 aliphatic heterocycles.